The van der Waals surface area contributed by atoms with Crippen molar-refractivity contribution in [1.29, 1.82) is 0 Å². The summed E-state index contributed by atoms with van der Waals surface area (Å²) in [7, 11) is 0. The van der Waals surface area contributed by atoms with Gasteiger partial charge in [-0.15, -0.1) is 10.2 Å². The molecule has 3 aromatic rings. The van der Waals surface area contributed by atoms with Crippen molar-refractivity contribution in [3.8, 4) is 5.69 Å². The van der Waals surface area contributed by atoms with Gasteiger partial charge in [-0.25, -0.2) is 9.36 Å². The Kier molecular flexibility index (Phi) is 5.38. The van der Waals surface area contributed by atoms with Gasteiger partial charge in [0, 0.05) is 13.1 Å². The van der Waals surface area contributed by atoms with Crippen molar-refractivity contribution < 1.29 is 0 Å². The van der Waals surface area contributed by atoms with E-state index in [1.807, 2.05) is 37.3 Å². The van der Waals surface area contributed by atoms with Gasteiger partial charge in [-0.3, -0.25) is 9.36 Å². The second-order valence-electron chi connectivity index (χ2n) is 7.28. The SMILES string of the molecule is CCCn1c(=O)c2nn(CCN3CCCCC3)nc2n(-c2ccccc2)c1=O. The number of benzene rings is 1. The number of para-hydroxylation sites is 1. The fourth-order valence-corrected chi connectivity index (χ4v) is 3.80. The van der Waals surface area contributed by atoms with E-state index < -0.39 is 0 Å². The Hall–Kier alpha value is -2.74. The molecule has 2 aromatic heterocycles. The number of nitrogens with zero attached hydrogens (tertiary/aromatic N) is 6. The van der Waals surface area contributed by atoms with Crippen LogP contribution in [0.3, 0.4) is 0 Å². The highest BCUT2D eigenvalue weighted by Crippen LogP contribution is 2.12. The summed E-state index contributed by atoms with van der Waals surface area (Å²) in [5.74, 6) is 0. The van der Waals surface area contributed by atoms with E-state index in [4.69, 9.17) is 0 Å². The number of aromatic nitrogens is 5. The molecule has 4 rings (SSSR count). The number of hydrogen-bond acceptors (Lipinski definition) is 5. The van der Waals surface area contributed by atoms with Crippen LogP contribution in [0.1, 0.15) is 32.6 Å². The third-order valence-electron chi connectivity index (χ3n) is 5.25. The molecule has 1 aliphatic heterocycles. The van der Waals surface area contributed by atoms with Crippen LogP contribution in [-0.4, -0.2) is 48.7 Å². The maximum Gasteiger partial charge on any atom is 0.337 e. The summed E-state index contributed by atoms with van der Waals surface area (Å²) in [6.07, 6.45) is 4.44. The lowest BCUT2D eigenvalue weighted by Gasteiger charge is -2.25. The van der Waals surface area contributed by atoms with Gasteiger partial charge in [0.2, 0.25) is 0 Å². The average molecular weight is 382 g/mol. The first-order valence-corrected chi connectivity index (χ1v) is 10.1. The van der Waals surface area contributed by atoms with Crippen LogP contribution in [0.15, 0.2) is 39.9 Å². The normalized spacial score (nSPS) is 15.3. The van der Waals surface area contributed by atoms with Crippen LogP contribution in [0.2, 0.25) is 0 Å². The van der Waals surface area contributed by atoms with Crippen LogP contribution >= 0.6 is 0 Å². The summed E-state index contributed by atoms with van der Waals surface area (Å²) >= 11 is 0. The molecular formula is C20H26N6O2. The predicted octanol–water partition coefficient (Wildman–Crippen LogP) is 1.64. The summed E-state index contributed by atoms with van der Waals surface area (Å²) in [6.45, 7) is 5.95. The molecule has 0 spiro atoms. The number of fused-ring (bicyclic) bond motifs is 1. The van der Waals surface area contributed by atoms with E-state index in [-0.39, 0.29) is 16.8 Å². The van der Waals surface area contributed by atoms with E-state index in [0.717, 1.165) is 19.6 Å². The van der Waals surface area contributed by atoms with Gasteiger partial charge < -0.3 is 4.90 Å². The first-order chi connectivity index (χ1) is 13.7. The Bertz CT molecular complexity index is 1060. The molecule has 8 heteroatoms. The van der Waals surface area contributed by atoms with Gasteiger partial charge in [-0.05, 0) is 44.5 Å². The molecule has 1 aromatic carbocycles. The molecule has 1 saturated heterocycles. The van der Waals surface area contributed by atoms with Crippen LogP contribution in [0.25, 0.3) is 16.9 Å². The van der Waals surface area contributed by atoms with Crippen LogP contribution in [0, 0.1) is 0 Å². The highest BCUT2D eigenvalue weighted by atomic mass is 16.2. The lowest BCUT2D eigenvalue weighted by atomic mass is 10.1. The quantitative estimate of drug-likeness (QED) is 0.648. The lowest BCUT2D eigenvalue weighted by Crippen LogP contribution is -2.39. The average Bonchev–Trinajstić information content (AvgIpc) is 3.15. The Morgan fingerprint density at radius 2 is 1.68 bits per heavy atom. The maximum absolute atomic E-state index is 13.0. The predicted molar refractivity (Wildman–Crippen MR) is 108 cm³/mol. The summed E-state index contributed by atoms with van der Waals surface area (Å²) in [5.41, 5.74) is 0.528. The monoisotopic (exact) mass is 382 g/mol. The molecule has 0 radical (unpaired) electrons. The maximum atomic E-state index is 13.0. The van der Waals surface area contributed by atoms with E-state index in [9.17, 15) is 9.59 Å². The smallest absolute Gasteiger partial charge is 0.301 e. The number of likely N-dealkylation sites (tertiary alicyclic amines) is 1. The molecule has 0 amide bonds. The molecular weight excluding hydrogens is 356 g/mol. The van der Waals surface area contributed by atoms with Gasteiger partial charge in [-0.2, -0.15) is 4.80 Å². The Morgan fingerprint density at radius 3 is 2.39 bits per heavy atom. The van der Waals surface area contributed by atoms with E-state index >= 15 is 0 Å². The first kappa shape index (κ1) is 18.6. The van der Waals surface area contributed by atoms with E-state index in [2.05, 4.69) is 15.1 Å². The fraction of sp³-hybridized carbons (Fsp3) is 0.500. The van der Waals surface area contributed by atoms with Crippen molar-refractivity contribution in [2.75, 3.05) is 19.6 Å². The Morgan fingerprint density at radius 1 is 0.929 bits per heavy atom. The minimum atomic E-state index is -0.367. The van der Waals surface area contributed by atoms with Gasteiger partial charge in [0.25, 0.3) is 5.56 Å². The molecule has 0 unspecified atom stereocenters. The highest BCUT2D eigenvalue weighted by molar-refractivity contribution is 5.70. The van der Waals surface area contributed by atoms with Crippen LogP contribution in [0.5, 0.6) is 0 Å². The minimum absolute atomic E-state index is 0.246. The molecule has 0 aliphatic carbocycles. The Labute approximate surface area is 163 Å². The van der Waals surface area contributed by atoms with Gasteiger partial charge in [0.1, 0.15) is 0 Å². The minimum Gasteiger partial charge on any atom is -0.301 e. The number of rotatable bonds is 6. The van der Waals surface area contributed by atoms with E-state index in [0.29, 0.717) is 30.8 Å². The van der Waals surface area contributed by atoms with Gasteiger partial charge in [0.05, 0.1) is 12.2 Å². The molecule has 1 fully saturated rings. The summed E-state index contributed by atoms with van der Waals surface area (Å²) < 4.78 is 2.76. The van der Waals surface area contributed by atoms with Gasteiger partial charge in [0.15, 0.2) is 11.2 Å². The van der Waals surface area contributed by atoms with Crippen molar-refractivity contribution in [3.63, 3.8) is 0 Å². The highest BCUT2D eigenvalue weighted by Gasteiger charge is 2.19. The summed E-state index contributed by atoms with van der Waals surface area (Å²) in [5, 5.41) is 8.98. The summed E-state index contributed by atoms with van der Waals surface area (Å²) in [6, 6.07) is 9.30. The van der Waals surface area contributed by atoms with E-state index in [1.165, 1.54) is 28.4 Å². The second-order valence-corrected chi connectivity index (χ2v) is 7.28. The zero-order valence-corrected chi connectivity index (χ0v) is 16.3. The molecule has 1 aliphatic rings. The molecule has 0 saturated carbocycles. The summed E-state index contributed by atoms with van der Waals surface area (Å²) in [4.78, 5) is 29.9. The zero-order valence-electron chi connectivity index (χ0n) is 16.3. The van der Waals surface area contributed by atoms with Crippen molar-refractivity contribution in [2.45, 2.75) is 45.7 Å². The van der Waals surface area contributed by atoms with Crippen LogP contribution < -0.4 is 11.2 Å². The largest absolute Gasteiger partial charge is 0.337 e. The van der Waals surface area contributed by atoms with Crippen molar-refractivity contribution in [2.24, 2.45) is 0 Å². The Balaban J connectivity index is 1.78. The van der Waals surface area contributed by atoms with Crippen molar-refractivity contribution >= 4 is 11.2 Å². The molecule has 8 nitrogen and oxygen atoms in total. The lowest BCUT2D eigenvalue weighted by molar-refractivity contribution is 0.214. The molecule has 0 bridgehead atoms. The number of hydrogen-bond donors (Lipinski definition) is 0. The van der Waals surface area contributed by atoms with Crippen molar-refractivity contribution in [3.05, 3.63) is 51.2 Å². The van der Waals surface area contributed by atoms with Crippen molar-refractivity contribution in [1.82, 2.24) is 29.0 Å². The van der Waals surface area contributed by atoms with Gasteiger partial charge >= 0.3 is 5.69 Å². The fourth-order valence-electron chi connectivity index (χ4n) is 3.80. The first-order valence-electron chi connectivity index (χ1n) is 10.1. The number of piperidine rings is 1. The molecule has 28 heavy (non-hydrogen) atoms. The molecule has 0 atom stereocenters. The van der Waals surface area contributed by atoms with Crippen LogP contribution in [-0.2, 0) is 13.1 Å². The van der Waals surface area contributed by atoms with E-state index in [1.54, 1.807) is 4.80 Å². The topological polar surface area (TPSA) is 78.0 Å². The second kappa shape index (κ2) is 8.10. The molecule has 0 N–H and O–H groups in total. The standard InChI is InChI=1S/C20H26N6O2/c1-2-11-24-19(27)17-18(26(20(24)28)16-9-5-3-6-10-16)22-25(21-17)15-14-23-12-7-4-8-13-23/h3,5-6,9-10H,2,4,7-8,11-15H2,1H3. The third-order valence-corrected chi connectivity index (χ3v) is 5.25. The van der Waals surface area contributed by atoms with Crippen LogP contribution in [0.4, 0.5) is 0 Å². The zero-order chi connectivity index (χ0) is 19.5. The molecule has 148 valence electrons. The molecule has 3 heterocycles. The third kappa shape index (κ3) is 3.52. The van der Waals surface area contributed by atoms with Gasteiger partial charge in [-0.1, -0.05) is 31.5 Å².